The van der Waals surface area contributed by atoms with Crippen molar-refractivity contribution in [1.29, 1.82) is 0 Å². The van der Waals surface area contributed by atoms with Gasteiger partial charge in [0.2, 0.25) is 0 Å². The zero-order valence-electron chi connectivity index (χ0n) is 14.9. The average molecular weight is 347 g/mol. The summed E-state index contributed by atoms with van der Waals surface area (Å²) in [7, 11) is 0. The van der Waals surface area contributed by atoms with E-state index in [1.807, 2.05) is 37.3 Å². The molecule has 138 valence electrons. The van der Waals surface area contributed by atoms with Gasteiger partial charge in [0.1, 0.15) is 6.54 Å². The Labute approximate surface area is 149 Å². The van der Waals surface area contributed by atoms with Crippen molar-refractivity contribution < 1.29 is 19.8 Å². The second-order valence-corrected chi connectivity index (χ2v) is 6.66. The molecule has 0 heterocycles. The van der Waals surface area contributed by atoms with Gasteiger partial charge in [0.15, 0.2) is 0 Å². The first-order valence-electron chi connectivity index (χ1n) is 8.75. The van der Waals surface area contributed by atoms with Crippen LogP contribution in [0.5, 0.6) is 0 Å². The molecule has 1 unspecified atom stereocenters. The van der Waals surface area contributed by atoms with Crippen LogP contribution in [0.1, 0.15) is 45.4 Å². The number of anilines is 1. The fourth-order valence-electron chi connectivity index (χ4n) is 3.20. The third kappa shape index (κ3) is 6.99. The van der Waals surface area contributed by atoms with Crippen LogP contribution < -0.4 is 5.32 Å². The van der Waals surface area contributed by atoms with Crippen molar-refractivity contribution in [2.24, 2.45) is 11.3 Å². The van der Waals surface area contributed by atoms with Crippen molar-refractivity contribution >= 4 is 17.6 Å². The summed E-state index contributed by atoms with van der Waals surface area (Å²) in [6.45, 7) is 5.49. The van der Waals surface area contributed by atoms with Crippen LogP contribution in [-0.2, 0) is 9.59 Å². The molecule has 1 aromatic carbocycles. The molecule has 1 aliphatic carbocycles. The first kappa shape index (κ1) is 20.7. The van der Waals surface area contributed by atoms with E-state index in [1.165, 1.54) is 19.3 Å². The third-order valence-electron chi connectivity index (χ3n) is 4.78. The zero-order chi connectivity index (χ0) is 18.7. The number of hydrogen-bond acceptors (Lipinski definition) is 3. The second-order valence-electron chi connectivity index (χ2n) is 6.66. The smallest absolute Gasteiger partial charge is 0.322 e. The molecule has 3 N–H and O–H groups in total. The van der Waals surface area contributed by atoms with Gasteiger partial charge in [0.25, 0.3) is 0 Å². The number of benzene rings is 1. The van der Waals surface area contributed by atoms with Gasteiger partial charge in [0, 0.05) is 5.69 Å². The van der Waals surface area contributed by atoms with E-state index in [-0.39, 0.29) is 6.54 Å². The van der Waals surface area contributed by atoms with E-state index in [4.69, 9.17) is 5.11 Å². The Hall–Kier alpha value is -2.30. The summed E-state index contributed by atoms with van der Waals surface area (Å²) in [4.78, 5) is 21.4. The molecule has 1 aliphatic rings. The number of aliphatic carboxylic acids is 2. The Balaban J connectivity index is 0.000000257. The minimum absolute atomic E-state index is 0.0377. The van der Waals surface area contributed by atoms with Crippen LogP contribution in [-0.4, -0.2) is 28.7 Å². The van der Waals surface area contributed by atoms with Crippen molar-refractivity contribution in [1.82, 2.24) is 0 Å². The number of hydrogen-bond donors (Lipinski definition) is 3. The topological polar surface area (TPSA) is 86.6 Å². The van der Waals surface area contributed by atoms with Gasteiger partial charge in [-0.15, -0.1) is 6.58 Å². The maximum atomic E-state index is 11.3. The van der Waals surface area contributed by atoms with Crippen molar-refractivity contribution in [2.75, 3.05) is 11.9 Å². The molecule has 1 fully saturated rings. The number of carboxylic acids is 2. The van der Waals surface area contributed by atoms with E-state index in [9.17, 15) is 14.7 Å². The molecule has 1 saturated carbocycles. The largest absolute Gasteiger partial charge is 0.481 e. The predicted octanol–water partition coefficient (Wildman–Crippen LogP) is 4.42. The van der Waals surface area contributed by atoms with Gasteiger partial charge in [-0.3, -0.25) is 9.59 Å². The maximum Gasteiger partial charge on any atom is 0.322 e. The van der Waals surface area contributed by atoms with Gasteiger partial charge >= 0.3 is 11.9 Å². The third-order valence-corrected chi connectivity index (χ3v) is 4.78. The molecular weight excluding hydrogens is 318 g/mol. The highest BCUT2D eigenvalue weighted by molar-refractivity contribution is 5.74. The Bertz CT molecular complexity index is 552. The van der Waals surface area contributed by atoms with Crippen molar-refractivity contribution in [3.05, 3.63) is 43.0 Å². The predicted molar refractivity (Wildman–Crippen MR) is 99.7 cm³/mol. The molecule has 1 aromatic rings. The number of nitrogens with one attached hydrogen (secondary N) is 1. The van der Waals surface area contributed by atoms with Gasteiger partial charge in [-0.1, -0.05) is 43.5 Å². The normalized spacial score (nSPS) is 16.7. The highest BCUT2D eigenvalue weighted by Gasteiger charge is 2.40. The van der Waals surface area contributed by atoms with Gasteiger partial charge in [-0.25, -0.2) is 0 Å². The van der Waals surface area contributed by atoms with Gasteiger partial charge in [-0.2, -0.15) is 0 Å². The molecule has 0 bridgehead atoms. The fourth-order valence-corrected chi connectivity index (χ4v) is 3.20. The highest BCUT2D eigenvalue weighted by atomic mass is 16.4. The van der Waals surface area contributed by atoms with E-state index in [2.05, 4.69) is 11.9 Å². The summed E-state index contributed by atoms with van der Waals surface area (Å²) in [6.07, 6.45) is 8.10. The van der Waals surface area contributed by atoms with Crippen LogP contribution in [0, 0.1) is 11.3 Å². The number of rotatable bonds is 7. The maximum absolute atomic E-state index is 11.3. The Morgan fingerprint density at radius 1 is 1.20 bits per heavy atom. The summed E-state index contributed by atoms with van der Waals surface area (Å²) in [6, 6.07) is 9.23. The lowest BCUT2D eigenvalue weighted by molar-refractivity contribution is -0.152. The van der Waals surface area contributed by atoms with Gasteiger partial charge < -0.3 is 15.5 Å². The molecule has 0 radical (unpaired) electrons. The Morgan fingerprint density at radius 3 is 2.28 bits per heavy atom. The molecule has 0 aliphatic heterocycles. The Morgan fingerprint density at radius 2 is 1.80 bits per heavy atom. The number of carbonyl (C=O) groups is 2. The van der Waals surface area contributed by atoms with E-state index in [0.717, 1.165) is 18.5 Å². The zero-order valence-corrected chi connectivity index (χ0v) is 14.9. The standard InChI is InChI=1S/C12H20O2.C8H9NO2/c1-3-9-12(2,11(13)14)10-7-5-4-6-8-10;10-8(11)6-9-7-4-2-1-3-5-7/h3,10H,1,4-9H2,2H3,(H,13,14);1-5,9H,6H2,(H,10,11). The first-order valence-corrected chi connectivity index (χ1v) is 8.75. The molecule has 1 atom stereocenters. The minimum atomic E-state index is -0.853. The SMILES string of the molecule is C=CCC(C)(C(=O)O)C1CCCCC1.O=C(O)CNc1ccccc1. The van der Waals surface area contributed by atoms with E-state index >= 15 is 0 Å². The summed E-state index contributed by atoms with van der Waals surface area (Å²) >= 11 is 0. The molecule has 5 nitrogen and oxygen atoms in total. The molecule has 25 heavy (non-hydrogen) atoms. The number of allylic oxidation sites excluding steroid dienone is 1. The van der Waals surface area contributed by atoms with Gasteiger partial charge in [0.05, 0.1) is 5.41 Å². The molecule has 0 aromatic heterocycles. The highest BCUT2D eigenvalue weighted by Crippen LogP contribution is 2.41. The monoisotopic (exact) mass is 347 g/mol. The molecule has 0 spiro atoms. The lowest BCUT2D eigenvalue weighted by Gasteiger charge is -2.35. The van der Waals surface area contributed by atoms with Crippen molar-refractivity contribution in [2.45, 2.75) is 45.4 Å². The number of para-hydroxylation sites is 1. The van der Waals surface area contributed by atoms with Crippen LogP contribution in [0.2, 0.25) is 0 Å². The Kier molecular flexibility index (Phi) is 8.75. The van der Waals surface area contributed by atoms with Crippen LogP contribution in [0.25, 0.3) is 0 Å². The molecule has 0 amide bonds. The lowest BCUT2D eigenvalue weighted by atomic mass is 9.68. The average Bonchev–Trinajstić information content (AvgIpc) is 2.62. The van der Waals surface area contributed by atoms with Crippen molar-refractivity contribution in [3.8, 4) is 0 Å². The van der Waals surface area contributed by atoms with Crippen LogP contribution >= 0.6 is 0 Å². The van der Waals surface area contributed by atoms with Crippen LogP contribution in [0.4, 0.5) is 5.69 Å². The summed E-state index contributed by atoms with van der Waals surface area (Å²) < 4.78 is 0. The van der Waals surface area contributed by atoms with Crippen LogP contribution in [0.3, 0.4) is 0 Å². The van der Waals surface area contributed by atoms with Gasteiger partial charge in [-0.05, 0) is 44.2 Å². The summed E-state index contributed by atoms with van der Waals surface area (Å²) in [5.74, 6) is -1.18. The summed E-state index contributed by atoms with van der Waals surface area (Å²) in [5.41, 5.74) is 0.247. The molecule has 0 saturated heterocycles. The minimum Gasteiger partial charge on any atom is -0.481 e. The number of carboxylic acid groups (broad SMARTS) is 2. The molecular formula is C20H29NO4. The van der Waals surface area contributed by atoms with E-state index in [1.54, 1.807) is 6.08 Å². The second kappa shape index (κ2) is 10.5. The molecule has 2 rings (SSSR count). The lowest BCUT2D eigenvalue weighted by Crippen LogP contribution is -2.36. The fraction of sp³-hybridized carbons (Fsp3) is 0.500. The molecule has 5 heteroatoms. The summed E-state index contributed by atoms with van der Waals surface area (Å²) in [5, 5.41) is 20.3. The van der Waals surface area contributed by atoms with Crippen LogP contribution in [0.15, 0.2) is 43.0 Å². The first-order chi connectivity index (χ1) is 11.9. The van der Waals surface area contributed by atoms with Crippen molar-refractivity contribution in [3.63, 3.8) is 0 Å². The quantitative estimate of drug-likeness (QED) is 0.636. The van der Waals surface area contributed by atoms with E-state index in [0.29, 0.717) is 12.3 Å². The van der Waals surface area contributed by atoms with E-state index < -0.39 is 17.4 Å².